The highest BCUT2D eigenvalue weighted by atomic mass is 16.8. The second-order valence-electron chi connectivity index (χ2n) is 11.4. The van der Waals surface area contributed by atoms with Crippen LogP contribution in [0.2, 0.25) is 0 Å². The molecule has 0 bridgehead atoms. The Balaban J connectivity index is 1.63. The maximum Gasteiger partial charge on any atom is 0.306 e. The van der Waals surface area contributed by atoms with Gasteiger partial charge in [0.2, 0.25) is 0 Å². The summed E-state index contributed by atoms with van der Waals surface area (Å²) in [6, 6.07) is 0. The van der Waals surface area contributed by atoms with Crippen molar-refractivity contribution in [2.75, 3.05) is 28.4 Å². The molecule has 15 nitrogen and oxygen atoms in total. The molecule has 0 saturated carbocycles. The van der Waals surface area contributed by atoms with Crippen LogP contribution in [0.4, 0.5) is 0 Å². The Bertz CT molecular complexity index is 847. The Morgan fingerprint density at radius 3 is 1.86 bits per heavy atom. The van der Waals surface area contributed by atoms with Crippen molar-refractivity contribution in [1.29, 1.82) is 0 Å². The van der Waals surface area contributed by atoms with Gasteiger partial charge in [-0.3, -0.25) is 4.79 Å². The van der Waals surface area contributed by atoms with Crippen molar-refractivity contribution < 1.29 is 72.6 Å². The first kappa shape index (κ1) is 36.4. The van der Waals surface area contributed by atoms with Gasteiger partial charge >= 0.3 is 5.97 Å². The quantitative estimate of drug-likeness (QED) is 0.198. The van der Waals surface area contributed by atoms with E-state index in [0.717, 1.165) is 0 Å². The second kappa shape index (κ2) is 16.5. The van der Waals surface area contributed by atoms with Crippen LogP contribution in [0, 0.1) is 0 Å². The van der Waals surface area contributed by atoms with Crippen molar-refractivity contribution in [3.05, 3.63) is 0 Å². The fourth-order valence-electron chi connectivity index (χ4n) is 5.94. The van der Waals surface area contributed by atoms with Crippen LogP contribution in [0.5, 0.6) is 0 Å². The third-order valence-electron chi connectivity index (χ3n) is 8.33. The smallest absolute Gasteiger partial charge is 0.306 e. The van der Waals surface area contributed by atoms with Crippen molar-refractivity contribution >= 4 is 5.97 Å². The van der Waals surface area contributed by atoms with E-state index in [2.05, 4.69) is 0 Å². The first-order valence-electron chi connectivity index (χ1n) is 14.6. The lowest BCUT2D eigenvalue weighted by Crippen LogP contribution is -2.61. The first-order valence-corrected chi connectivity index (χ1v) is 14.6. The highest BCUT2D eigenvalue weighted by Gasteiger charge is 2.49. The van der Waals surface area contributed by atoms with E-state index in [1.807, 2.05) is 0 Å². The van der Waals surface area contributed by atoms with Gasteiger partial charge in [-0.15, -0.1) is 0 Å². The number of aliphatic carboxylic acids is 1. The second-order valence-corrected chi connectivity index (χ2v) is 11.4. The number of hydrogen-bond donors (Lipinski definition) is 4. The van der Waals surface area contributed by atoms with Crippen LogP contribution in [0.25, 0.3) is 0 Å². The number of carboxylic acids is 1. The maximum atomic E-state index is 11.3. The molecule has 3 aliphatic heterocycles. The summed E-state index contributed by atoms with van der Waals surface area (Å²) >= 11 is 0. The largest absolute Gasteiger partial charge is 0.481 e. The molecule has 0 amide bonds. The third kappa shape index (κ3) is 9.03. The number of aliphatic hydroxyl groups is 3. The van der Waals surface area contributed by atoms with Crippen molar-refractivity contribution in [3.63, 3.8) is 0 Å². The Kier molecular flexibility index (Phi) is 14.0. The van der Waals surface area contributed by atoms with Gasteiger partial charge in [0.25, 0.3) is 0 Å². The number of rotatable bonds is 14. The summed E-state index contributed by atoms with van der Waals surface area (Å²) in [6.07, 6.45) is -12.3. The fraction of sp³-hybridized carbons (Fsp3) is 0.964. The van der Waals surface area contributed by atoms with E-state index in [0.29, 0.717) is 0 Å². The van der Waals surface area contributed by atoms with E-state index in [4.69, 9.17) is 47.4 Å². The summed E-state index contributed by atoms with van der Waals surface area (Å²) in [4.78, 5) is 11.3. The van der Waals surface area contributed by atoms with E-state index < -0.39 is 104 Å². The van der Waals surface area contributed by atoms with Crippen LogP contribution in [-0.4, -0.2) is 153 Å². The van der Waals surface area contributed by atoms with Crippen molar-refractivity contribution in [2.45, 2.75) is 145 Å². The van der Waals surface area contributed by atoms with Gasteiger partial charge in [-0.25, -0.2) is 0 Å². The van der Waals surface area contributed by atoms with Crippen LogP contribution in [0.1, 0.15) is 47.0 Å². The topological polar surface area (TPSA) is 190 Å². The molecule has 0 unspecified atom stereocenters. The molecule has 0 aromatic rings. The molecule has 3 rings (SSSR count). The number of ether oxygens (including phenoxy) is 10. The van der Waals surface area contributed by atoms with Crippen LogP contribution < -0.4 is 0 Å². The summed E-state index contributed by atoms with van der Waals surface area (Å²) in [6.45, 7) is 6.76. The molecule has 16 atom stereocenters. The SMILES string of the molecule is CO[C@H]1[C@@H](O)[C@H](O[C@@H]2[C@@H](C)O[C@@H](O[C@H]3[C@@H](OC)C[C@H](O[C@@H]([C@@H](C)O)[C@@H](CC(=O)O)OC)O[C@@H]3C)C[C@H]2OC)O[C@H](C)[C@H]1O. The molecule has 0 aromatic heterocycles. The molecule has 3 aliphatic rings. The number of carbonyl (C=O) groups is 1. The van der Waals surface area contributed by atoms with Crippen molar-refractivity contribution in [2.24, 2.45) is 0 Å². The zero-order chi connectivity index (χ0) is 32.0. The predicted molar refractivity (Wildman–Crippen MR) is 146 cm³/mol. The lowest BCUT2D eigenvalue weighted by Gasteiger charge is -2.47. The molecule has 4 N–H and O–H groups in total. The first-order chi connectivity index (χ1) is 20.3. The van der Waals surface area contributed by atoms with Gasteiger partial charge in [0.15, 0.2) is 18.9 Å². The fourth-order valence-corrected chi connectivity index (χ4v) is 5.94. The summed E-state index contributed by atoms with van der Waals surface area (Å²) < 4.78 is 58.5. The molecule has 3 heterocycles. The minimum absolute atomic E-state index is 0.238. The monoisotopic (exact) mass is 626 g/mol. The highest BCUT2D eigenvalue weighted by Crippen LogP contribution is 2.34. The maximum absolute atomic E-state index is 11.3. The molecule has 0 aliphatic carbocycles. The molecule has 0 aromatic carbocycles. The average molecular weight is 627 g/mol. The molecule has 0 spiro atoms. The number of carboxylic acid groups (broad SMARTS) is 1. The number of hydrogen-bond acceptors (Lipinski definition) is 14. The Morgan fingerprint density at radius 1 is 0.791 bits per heavy atom. The Hall–Kier alpha value is -1.05. The summed E-state index contributed by atoms with van der Waals surface area (Å²) in [7, 11) is 5.84. The zero-order valence-corrected chi connectivity index (χ0v) is 26.1. The van der Waals surface area contributed by atoms with E-state index >= 15 is 0 Å². The lowest BCUT2D eigenvalue weighted by molar-refractivity contribution is -0.353. The third-order valence-corrected chi connectivity index (χ3v) is 8.33. The predicted octanol–water partition coefficient (Wildman–Crippen LogP) is -0.206. The average Bonchev–Trinajstić information content (AvgIpc) is 2.95. The Morgan fingerprint density at radius 2 is 1.35 bits per heavy atom. The van der Waals surface area contributed by atoms with Gasteiger partial charge in [-0.2, -0.15) is 0 Å². The molecule has 0 radical (unpaired) electrons. The van der Waals surface area contributed by atoms with Gasteiger partial charge in [-0.05, 0) is 27.7 Å². The lowest BCUT2D eigenvalue weighted by atomic mass is 9.98. The van der Waals surface area contributed by atoms with Gasteiger partial charge < -0.3 is 67.8 Å². The molecule has 3 saturated heterocycles. The number of methoxy groups -OCH3 is 4. The van der Waals surface area contributed by atoms with Gasteiger partial charge in [0.05, 0.1) is 49.1 Å². The van der Waals surface area contributed by atoms with E-state index in [1.165, 1.54) is 28.3 Å². The summed E-state index contributed by atoms with van der Waals surface area (Å²) in [5, 5.41) is 40.5. The van der Waals surface area contributed by atoms with E-state index in [9.17, 15) is 25.2 Å². The van der Waals surface area contributed by atoms with Crippen LogP contribution >= 0.6 is 0 Å². The minimum atomic E-state index is -1.23. The van der Waals surface area contributed by atoms with Crippen molar-refractivity contribution in [3.8, 4) is 0 Å². The summed E-state index contributed by atoms with van der Waals surface area (Å²) in [5.41, 5.74) is 0. The van der Waals surface area contributed by atoms with E-state index in [1.54, 1.807) is 27.9 Å². The minimum Gasteiger partial charge on any atom is -0.481 e. The standard InChI is InChI=1S/C28H50O15/c1-12(29)24(16(34-5)9-19(30)31)41-20-10-17(35-6)25(14(3)38-20)42-21-11-18(36-7)26(15(4)39-21)43-28-23(33)27(37-8)22(32)13(2)40-28/h12-18,20-29,32-33H,9-11H2,1-8H3,(H,30,31)/t12-,13-,14-,15-,16-,17+,18-,20+,21+,22-,23-,24+,25-,26-,27-,28+/m1/s1. The van der Waals surface area contributed by atoms with E-state index in [-0.39, 0.29) is 19.3 Å². The molecule has 252 valence electrons. The highest BCUT2D eigenvalue weighted by molar-refractivity contribution is 5.67. The number of aliphatic hydroxyl groups excluding tert-OH is 3. The molecular formula is C28H50O15. The molecule has 3 fully saturated rings. The molecular weight excluding hydrogens is 576 g/mol. The van der Waals surface area contributed by atoms with Crippen LogP contribution in [0.15, 0.2) is 0 Å². The normalized spacial score (nSPS) is 42.7. The van der Waals surface area contributed by atoms with Crippen LogP contribution in [-0.2, 0) is 52.2 Å². The zero-order valence-electron chi connectivity index (χ0n) is 26.1. The molecule has 43 heavy (non-hydrogen) atoms. The molecule has 15 heteroatoms. The van der Waals surface area contributed by atoms with Gasteiger partial charge in [0.1, 0.15) is 36.6 Å². The summed E-state index contributed by atoms with van der Waals surface area (Å²) in [5.74, 6) is -1.08. The Labute approximate surface area is 252 Å². The van der Waals surface area contributed by atoms with Gasteiger partial charge in [0, 0.05) is 41.3 Å². The van der Waals surface area contributed by atoms with Gasteiger partial charge in [-0.1, -0.05) is 0 Å². The van der Waals surface area contributed by atoms with Crippen molar-refractivity contribution in [1.82, 2.24) is 0 Å². The van der Waals surface area contributed by atoms with Crippen LogP contribution in [0.3, 0.4) is 0 Å².